The summed E-state index contributed by atoms with van der Waals surface area (Å²) < 4.78 is 108. The van der Waals surface area contributed by atoms with E-state index in [4.69, 9.17) is 14.2 Å². The van der Waals surface area contributed by atoms with Crippen LogP contribution in [0.5, 0.6) is 11.5 Å². The number of hydrogen-bond donors (Lipinski definition) is 1. The van der Waals surface area contributed by atoms with Gasteiger partial charge in [-0.15, -0.1) is 0 Å². The van der Waals surface area contributed by atoms with E-state index in [-0.39, 0.29) is 44.9 Å². The zero-order valence-electron chi connectivity index (χ0n) is 24.0. The Bertz CT molecular complexity index is 1250. The van der Waals surface area contributed by atoms with Gasteiger partial charge >= 0.3 is 30.1 Å². The number of unbranched alkanes of at least 4 members (excludes halogenated alkanes) is 1. The standard InChI is InChI=1S/C30H34F7NO6/c1-2-42-25(26(39)40)18-20-8-11-23(12-9-20)43-17-16-38(15-4-3-14-28(31,32)29(33,34)30(35,36)37)27(41)44-24-13-10-21-6-5-7-22(21)19-24/h8-13,19,25H,2-7,14-18H2,1H3,(H,39,40). The SMILES string of the molecule is CCOC(Cc1ccc(OCCN(CCCCC(F)(F)C(F)(F)C(F)(F)F)C(=O)Oc2ccc3c(c2)CCC3)cc1)C(=O)O. The lowest BCUT2D eigenvalue weighted by atomic mass is 10.0. The Labute approximate surface area is 249 Å². The van der Waals surface area contributed by atoms with Crippen molar-refractivity contribution >= 4 is 12.1 Å². The van der Waals surface area contributed by atoms with E-state index in [1.165, 1.54) is 0 Å². The van der Waals surface area contributed by atoms with Crippen LogP contribution in [-0.4, -0.2) is 72.5 Å². The van der Waals surface area contributed by atoms with E-state index < -0.39 is 49.0 Å². The number of carboxylic acid groups (broad SMARTS) is 1. The van der Waals surface area contributed by atoms with Gasteiger partial charge in [-0.3, -0.25) is 0 Å². The fourth-order valence-corrected chi connectivity index (χ4v) is 4.71. The summed E-state index contributed by atoms with van der Waals surface area (Å²) in [5, 5.41) is 9.24. The molecule has 0 radical (unpaired) electrons. The summed E-state index contributed by atoms with van der Waals surface area (Å²) in [6, 6.07) is 11.6. The molecule has 0 saturated heterocycles. The van der Waals surface area contributed by atoms with Crippen LogP contribution in [0.15, 0.2) is 42.5 Å². The first-order valence-corrected chi connectivity index (χ1v) is 14.1. The molecular formula is C30H34F7NO6. The largest absolute Gasteiger partial charge is 0.492 e. The first kappa shape index (κ1) is 34.9. The molecule has 1 aliphatic rings. The fraction of sp³-hybridized carbons (Fsp3) is 0.533. The van der Waals surface area contributed by atoms with Crippen molar-refractivity contribution in [2.45, 2.75) is 76.0 Å². The molecule has 2 aromatic rings. The third-order valence-electron chi connectivity index (χ3n) is 7.14. The number of amides is 1. The first-order chi connectivity index (χ1) is 20.6. The molecule has 1 amide bonds. The van der Waals surface area contributed by atoms with Gasteiger partial charge in [0.1, 0.15) is 18.1 Å². The summed E-state index contributed by atoms with van der Waals surface area (Å²) >= 11 is 0. The molecule has 0 bridgehead atoms. The molecule has 244 valence electrons. The number of halogens is 7. The Morgan fingerprint density at radius 2 is 1.57 bits per heavy atom. The van der Waals surface area contributed by atoms with Crippen LogP contribution >= 0.6 is 0 Å². The number of fused-ring (bicyclic) bond motifs is 1. The molecule has 0 spiro atoms. The smallest absolute Gasteiger partial charge is 0.459 e. The Hall–Kier alpha value is -3.55. The van der Waals surface area contributed by atoms with Crippen molar-refractivity contribution in [3.63, 3.8) is 0 Å². The van der Waals surface area contributed by atoms with E-state index in [1.54, 1.807) is 43.3 Å². The van der Waals surface area contributed by atoms with Crippen LogP contribution in [0.4, 0.5) is 35.5 Å². The average molecular weight is 638 g/mol. The van der Waals surface area contributed by atoms with E-state index in [1.807, 2.05) is 6.07 Å². The molecule has 1 N–H and O–H groups in total. The summed E-state index contributed by atoms with van der Waals surface area (Å²) in [7, 11) is 0. The van der Waals surface area contributed by atoms with Crippen molar-refractivity contribution in [2.24, 2.45) is 0 Å². The molecule has 1 atom stereocenters. The molecule has 1 aliphatic carbocycles. The van der Waals surface area contributed by atoms with Gasteiger partial charge in [0.05, 0.1) is 6.54 Å². The first-order valence-electron chi connectivity index (χ1n) is 14.1. The van der Waals surface area contributed by atoms with E-state index >= 15 is 0 Å². The van der Waals surface area contributed by atoms with Crippen molar-refractivity contribution in [1.82, 2.24) is 4.90 Å². The molecule has 44 heavy (non-hydrogen) atoms. The molecule has 1 unspecified atom stereocenters. The van der Waals surface area contributed by atoms with Gasteiger partial charge in [-0.05, 0) is 80.0 Å². The van der Waals surface area contributed by atoms with Gasteiger partial charge in [0, 0.05) is 26.0 Å². The normalized spacial score (nSPS) is 14.2. The molecule has 0 saturated carbocycles. The zero-order chi connectivity index (χ0) is 32.5. The summed E-state index contributed by atoms with van der Waals surface area (Å²) in [5.74, 6) is -12.0. The number of carboxylic acids is 1. The number of carbonyl (C=O) groups is 2. The van der Waals surface area contributed by atoms with Gasteiger partial charge in [-0.25, -0.2) is 9.59 Å². The minimum absolute atomic E-state index is 0.0996. The van der Waals surface area contributed by atoms with E-state index in [0.29, 0.717) is 11.3 Å². The Morgan fingerprint density at radius 1 is 0.909 bits per heavy atom. The summed E-state index contributed by atoms with van der Waals surface area (Å²) in [6.07, 6.45) is -8.25. The van der Waals surface area contributed by atoms with Crippen LogP contribution in [0.2, 0.25) is 0 Å². The lowest BCUT2D eigenvalue weighted by Crippen LogP contribution is -2.51. The average Bonchev–Trinajstić information content (AvgIpc) is 3.42. The second kappa shape index (κ2) is 15.0. The molecule has 0 fully saturated rings. The number of alkyl halides is 7. The number of rotatable bonds is 16. The number of aryl methyl sites for hydroxylation is 2. The predicted octanol–water partition coefficient (Wildman–Crippen LogP) is 7.09. The van der Waals surface area contributed by atoms with E-state index in [9.17, 15) is 45.4 Å². The third kappa shape index (κ3) is 9.23. The van der Waals surface area contributed by atoms with E-state index in [0.717, 1.165) is 35.3 Å². The number of nitrogens with zero attached hydrogens (tertiary/aromatic N) is 1. The van der Waals surface area contributed by atoms with Crippen molar-refractivity contribution in [3.8, 4) is 11.5 Å². The van der Waals surface area contributed by atoms with Crippen LogP contribution in [0.1, 0.15) is 49.3 Å². The maximum Gasteiger partial charge on any atom is 0.459 e. The van der Waals surface area contributed by atoms with Gasteiger partial charge in [-0.1, -0.05) is 18.2 Å². The quantitative estimate of drug-likeness (QED) is 0.156. The summed E-state index contributed by atoms with van der Waals surface area (Å²) in [4.78, 5) is 25.4. The molecule has 14 heteroatoms. The Balaban J connectivity index is 1.60. The number of benzene rings is 2. The molecule has 3 rings (SSSR count). The molecule has 0 heterocycles. The van der Waals surface area contributed by atoms with Gasteiger partial charge < -0.3 is 24.2 Å². The number of carbonyl (C=O) groups excluding carboxylic acids is 1. The second-order valence-electron chi connectivity index (χ2n) is 10.4. The van der Waals surface area contributed by atoms with Crippen LogP contribution in [-0.2, 0) is 28.8 Å². The molecule has 0 aliphatic heterocycles. The third-order valence-corrected chi connectivity index (χ3v) is 7.14. The summed E-state index contributed by atoms with van der Waals surface area (Å²) in [5.41, 5.74) is 2.83. The van der Waals surface area contributed by atoms with Crippen molar-refractivity contribution in [1.29, 1.82) is 0 Å². The predicted molar refractivity (Wildman–Crippen MR) is 145 cm³/mol. The van der Waals surface area contributed by atoms with Gasteiger partial charge in [-0.2, -0.15) is 30.7 Å². The number of aliphatic carboxylic acids is 1. The van der Waals surface area contributed by atoms with E-state index in [2.05, 4.69) is 0 Å². The topological polar surface area (TPSA) is 85.3 Å². The molecule has 2 aromatic carbocycles. The maximum atomic E-state index is 13.7. The monoisotopic (exact) mass is 637 g/mol. The van der Waals surface area contributed by atoms with Gasteiger partial charge in [0.25, 0.3) is 0 Å². The van der Waals surface area contributed by atoms with Crippen LogP contribution in [0.25, 0.3) is 0 Å². The zero-order valence-corrected chi connectivity index (χ0v) is 24.0. The highest BCUT2D eigenvalue weighted by molar-refractivity contribution is 5.72. The van der Waals surface area contributed by atoms with Crippen LogP contribution in [0, 0.1) is 0 Å². The molecule has 0 aromatic heterocycles. The van der Waals surface area contributed by atoms with Gasteiger partial charge in [0.2, 0.25) is 0 Å². The lowest BCUT2D eigenvalue weighted by molar-refractivity contribution is -0.355. The highest BCUT2D eigenvalue weighted by atomic mass is 19.4. The maximum absolute atomic E-state index is 13.7. The highest BCUT2D eigenvalue weighted by Crippen LogP contribution is 2.48. The fourth-order valence-electron chi connectivity index (χ4n) is 4.71. The number of ether oxygens (including phenoxy) is 3. The minimum Gasteiger partial charge on any atom is -0.492 e. The minimum atomic E-state index is -6.40. The van der Waals surface area contributed by atoms with Crippen LogP contribution < -0.4 is 9.47 Å². The second-order valence-corrected chi connectivity index (χ2v) is 10.4. The van der Waals surface area contributed by atoms with Crippen molar-refractivity contribution < 1.29 is 59.6 Å². The Kier molecular flexibility index (Phi) is 11.9. The van der Waals surface area contributed by atoms with Crippen LogP contribution in [0.3, 0.4) is 0 Å². The molecule has 7 nitrogen and oxygen atoms in total. The Morgan fingerprint density at radius 3 is 2.20 bits per heavy atom. The molecular weight excluding hydrogens is 603 g/mol. The van der Waals surface area contributed by atoms with Crippen molar-refractivity contribution in [2.75, 3.05) is 26.3 Å². The number of hydrogen-bond acceptors (Lipinski definition) is 5. The van der Waals surface area contributed by atoms with Gasteiger partial charge in [0.15, 0.2) is 6.10 Å². The highest BCUT2D eigenvalue weighted by Gasteiger charge is 2.72. The van der Waals surface area contributed by atoms with Crippen molar-refractivity contribution in [3.05, 3.63) is 59.2 Å². The lowest BCUT2D eigenvalue weighted by Gasteiger charge is -2.28. The summed E-state index contributed by atoms with van der Waals surface area (Å²) in [6.45, 7) is 1.42.